The van der Waals surface area contributed by atoms with Crippen molar-refractivity contribution in [3.8, 4) is 0 Å². The predicted molar refractivity (Wildman–Crippen MR) is 131 cm³/mol. The molecule has 4 rings (SSSR count). The first-order valence-electron chi connectivity index (χ1n) is 9.90. The van der Waals surface area contributed by atoms with Crippen molar-refractivity contribution in [2.75, 3.05) is 31.3 Å². The van der Waals surface area contributed by atoms with Gasteiger partial charge in [-0.15, -0.1) is 11.3 Å². The van der Waals surface area contributed by atoms with Gasteiger partial charge in [0.05, 0.1) is 4.70 Å². The third kappa shape index (κ3) is 5.54. The maximum Gasteiger partial charge on any atom is 0.348 e. The van der Waals surface area contributed by atoms with Gasteiger partial charge < -0.3 is 20.3 Å². The number of carbonyl (C=O) groups is 3. The molecule has 0 saturated heterocycles. The molecule has 0 atom stereocenters. The van der Waals surface area contributed by atoms with E-state index in [9.17, 15) is 14.4 Å². The Kier molecular flexibility index (Phi) is 6.66. The molecule has 33 heavy (non-hydrogen) atoms. The van der Waals surface area contributed by atoms with E-state index in [-0.39, 0.29) is 5.91 Å². The molecule has 10 heteroatoms. The van der Waals surface area contributed by atoms with Crippen molar-refractivity contribution in [3.05, 3.63) is 71.1 Å². The Morgan fingerprint density at radius 2 is 1.70 bits per heavy atom. The van der Waals surface area contributed by atoms with Crippen LogP contribution in [0.1, 0.15) is 20.0 Å². The molecule has 8 nitrogen and oxygen atoms in total. The monoisotopic (exact) mass is 480 g/mol. The van der Waals surface area contributed by atoms with Gasteiger partial charge in [-0.3, -0.25) is 9.59 Å². The molecular weight excluding hydrogens is 460 g/mol. The van der Waals surface area contributed by atoms with Crippen LogP contribution in [0.15, 0.2) is 60.7 Å². The highest BCUT2D eigenvalue weighted by atomic mass is 32.1. The molecule has 168 valence electrons. The molecule has 0 unspecified atom stereocenters. The van der Waals surface area contributed by atoms with Crippen LogP contribution in [-0.4, -0.2) is 48.4 Å². The highest BCUT2D eigenvalue weighted by molar-refractivity contribution is 7.29. The van der Waals surface area contributed by atoms with Crippen LogP contribution in [0.3, 0.4) is 0 Å². The van der Waals surface area contributed by atoms with Crippen molar-refractivity contribution in [1.82, 2.24) is 9.88 Å². The van der Waals surface area contributed by atoms with E-state index in [0.29, 0.717) is 16.1 Å². The quantitative estimate of drug-likeness (QED) is 0.375. The first-order chi connectivity index (χ1) is 15.9. The molecule has 0 spiro atoms. The van der Waals surface area contributed by atoms with Crippen molar-refractivity contribution in [1.29, 1.82) is 0 Å². The number of para-hydroxylation sites is 1. The number of nitrogens with zero attached hydrogens (tertiary/aromatic N) is 2. The number of thiazole rings is 1. The zero-order valence-electron chi connectivity index (χ0n) is 17.8. The van der Waals surface area contributed by atoms with Crippen molar-refractivity contribution in [2.24, 2.45) is 0 Å². The number of ether oxygens (including phenoxy) is 1. The van der Waals surface area contributed by atoms with Gasteiger partial charge in [-0.25, -0.2) is 9.78 Å². The number of esters is 1. The van der Waals surface area contributed by atoms with Crippen molar-refractivity contribution < 1.29 is 19.1 Å². The number of thiophene rings is 1. The number of hydrogen-bond acceptors (Lipinski definition) is 8. The molecule has 4 aromatic rings. The molecule has 0 aliphatic carbocycles. The molecule has 0 aliphatic rings. The van der Waals surface area contributed by atoms with Gasteiger partial charge >= 0.3 is 5.97 Å². The predicted octanol–water partition coefficient (Wildman–Crippen LogP) is 4.60. The Labute approximate surface area is 197 Å². The molecular formula is C23H20N4O4S2. The smallest absolute Gasteiger partial charge is 0.348 e. The number of fused-ring (bicyclic) bond motifs is 1. The summed E-state index contributed by atoms with van der Waals surface area (Å²) in [6.45, 7) is -0.420. The second-order valence-corrected chi connectivity index (χ2v) is 9.25. The van der Waals surface area contributed by atoms with Crippen molar-refractivity contribution >= 4 is 66.5 Å². The normalized spacial score (nSPS) is 10.6. The fourth-order valence-electron chi connectivity index (χ4n) is 2.89. The summed E-state index contributed by atoms with van der Waals surface area (Å²) in [5.41, 5.74) is 1.95. The molecule has 2 heterocycles. The summed E-state index contributed by atoms with van der Waals surface area (Å²) >= 11 is 2.65. The van der Waals surface area contributed by atoms with Gasteiger partial charge in [0, 0.05) is 31.0 Å². The third-order valence-electron chi connectivity index (χ3n) is 4.47. The molecule has 0 fully saturated rings. The second kappa shape index (κ2) is 9.80. The van der Waals surface area contributed by atoms with E-state index < -0.39 is 18.5 Å². The molecule has 0 aliphatic heterocycles. The van der Waals surface area contributed by atoms with Gasteiger partial charge in [-0.05, 0) is 42.5 Å². The average molecular weight is 481 g/mol. The van der Waals surface area contributed by atoms with Gasteiger partial charge in [-0.2, -0.15) is 0 Å². The van der Waals surface area contributed by atoms with Gasteiger partial charge in [-0.1, -0.05) is 29.5 Å². The van der Waals surface area contributed by atoms with Crippen LogP contribution >= 0.6 is 22.7 Å². The number of benzene rings is 2. The Morgan fingerprint density at radius 1 is 0.970 bits per heavy atom. The lowest BCUT2D eigenvalue weighted by Crippen LogP contribution is -2.22. The Morgan fingerprint density at radius 3 is 2.36 bits per heavy atom. The van der Waals surface area contributed by atoms with Gasteiger partial charge in [0.15, 0.2) is 11.7 Å². The van der Waals surface area contributed by atoms with Crippen LogP contribution in [0, 0.1) is 0 Å². The molecule has 2 amide bonds. The Bertz CT molecular complexity index is 1270. The lowest BCUT2D eigenvalue weighted by Gasteiger charge is -2.11. The highest BCUT2D eigenvalue weighted by Crippen LogP contribution is 2.34. The average Bonchev–Trinajstić information content (AvgIpc) is 3.37. The highest BCUT2D eigenvalue weighted by Gasteiger charge is 2.17. The molecule has 0 saturated carbocycles. The third-order valence-corrected chi connectivity index (χ3v) is 6.53. The Hall–Kier alpha value is -3.76. The van der Waals surface area contributed by atoms with Crippen LogP contribution in [-0.2, 0) is 9.53 Å². The standard InChI is InChI=1S/C23H20N4O4S2/c1-27(2)21(29)14-8-10-16(11-9-14)24-19(28)13-31-22(30)18-12-17-20(32-18)26-23(33-17)25-15-6-4-3-5-7-15/h3-12H,13H2,1-2H3,(H,24,28)(H,25,26). The lowest BCUT2D eigenvalue weighted by atomic mass is 10.2. The minimum absolute atomic E-state index is 0.130. The van der Waals surface area contributed by atoms with E-state index in [2.05, 4.69) is 15.6 Å². The first-order valence-corrected chi connectivity index (χ1v) is 11.5. The number of rotatable bonds is 7. The summed E-state index contributed by atoms with van der Waals surface area (Å²) in [6, 6.07) is 17.9. The summed E-state index contributed by atoms with van der Waals surface area (Å²) < 4.78 is 6.00. The van der Waals surface area contributed by atoms with Crippen LogP contribution < -0.4 is 10.6 Å². The van der Waals surface area contributed by atoms with Crippen LogP contribution in [0.4, 0.5) is 16.5 Å². The van der Waals surface area contributed by atoms with Crippen LogP contribution in [0.5, 0.6) is 0 Å². The van der Waals surface area contributed by atoms with Gasteiger partial charge in [0.1, 0.15) is 9.71 Å². The minimum Gasteiger partial charge on any atom is -0.451 e. The van der Waals surface area contributed by atoms with E-state index in [1.54, 1.807) is 44.4 Å². The fourth-order valence-corrected chi connectivity index (χ4v) is 4.92. The topological polar surface area (TPSA) is 101 Å². The number of aromatic nitrogens is 1. The van der Waals surface area contributed by atoms with E-state index in [1.807, 2.05) is 30.3 Å². The number of carbonyl (C=O) groups excluding carboxylic acids is 3. The summed E-state index contributed by atoms with van der Waals surface area (Å²) in [4.78, 5) is 43.5. The van der Waals surface area contributed by atoms with E-state index in [1.165, 1.54) is 27.6 Å². The number of amides is 2. The molecule has 2 N–H and O–H groups in total. The zero-order valence-corrected chi connectivity index (χ0v) is 19.5. The second-order valence-electron chi connectivity index (χ2n) is 7.19. The maximum atomic E-state index is 12.4. The number of hydrogen-bond donors (Lipinski definition) is 2. The first kappa shape index (κ1) is 22.4. The van der Waals surface area contributed by atoms with E-state index in [0.717, 1.165) is 20.3 Å². The van der Waals surface area contributed by atoms with E-state index in [4.69, 9.17) is 4.74 Å². The van der Waals surface area contributed by atoms with E-state index >= 15 is 0 Å². The molecule has 0 bridgehead atoms. The maximum absolute atomic E-state index is 12.4. The summed E-state index contributed by atoms with van der Waals surface area (Å²) in [5.74, 6) is -1.18. The summed E-state index contributed by atoms with van der Waals surface area (Å²) in [6.07, 6.45) is 0. The SMILES string of the molecule is CN(C)C(=O)c1ccc(NC(=O)COC(=O)c2cc3sc(Nc4ccccc4)nc3s2)cc1. The van der Waals surface area contributed by atoms with Crippen molar-refractivity contribution in [2.45, 2.75) is 0 Å². The zero-order chi connectivity index (χ0) is 23.4. The summed E-state index contributed by atoms with van der Waals surface area (Å²) in [7, 11) is 3.33. The Balaban J connectivity index is 1.30. The number of nitrogens with one attached hydrogen (secondary N) is 2. The van der Waals surface area contributed by atoms with Crippen molar-refractivity contribution in [3.63, 3.8) is 0 Å². The molecule has 0 radical (unpaired) electrons. The van der Waals surface area contributed by atoms with Gasteiger partial charge in [0.25, 0.3) is 11.8 Å². The minimum atomic E-state index is -0.579. The summed E-state index contributed by atoms with van der Waals surface area (Å²) in [5, 5.41) is 6.61. The fraction of sp³-hybridized carbons (Fsp3) is 0.130. The van der Waals surface area contributed by atoms with Crippen LogP contribution in [0.25, 0.3) is 9.53 Å². The largest absolute Gasteiger partial charge is 0.451 e. The number of anilines is 3. The molecule has 2 aromatic heterocycles. The molecule has 2 aromatic carbocycles. The lowest BCUT2D eigenvalue weighted by molar-refractivity contribution is -0.119. The van der Waals surface area contributed by atoms with Crippen LogP contribution in [0.2, 0.25) is 0 Å². The van der Waals surface area contributed by atoms with Gasteiger partial charge in [0.2, 0.25) is 0 Å².